The Bertz CT molecular complexity index is 281. The minimum atomic E-state index is 0.761. The molecule has 2 N–H and O–H groups in total. The SMILES string of the molecule is NCCc1ccccc1C1CSC1. The van der Waals surface area contributed by atoms with Crippen LogP contribution in [-0.4, -0.2) is 18.1 Å². The molecule has 2 heteroatoms. The van der Waals surface area contributed by atoms with E-state index in [4.69, 9.17) is 5.73 Å². The fraction of sp³-hybridized carbons (Fsp3) is 0.455. The number of hydrogen-bond donors (Lipinski definition) is 1. The highest BCUT2D eigenvalue weighted by Gasteiger charge is 2.21. The largest absolute Gasteiger partial charge is 0.330 e. The van der Waals surface area contributed by atoms with Crippen molar-refractivity contribution in [2.24, 2.45) is 5.73 Å². The molecule has 1 nitrogen and oxygen atoms in total. The highest BCUT2D eigenvalue weighted by atomic mass is 32.2. The lowest BCUT2D eigenvalue weighted by Crippen LogP contribution is -2.18. The topological polar surface area (TPSA) is 26.0 Å². The molecule has 13 heavy (non-hydrogen) atoms. The Hall–Kier alpha value is -0.470. The van der Waals surface area contributed by atoms with Gasteiger partial charge in [0, 0.05) is 17.4 Å². The summed E-state index contributed by atoms with van der Waals surface area (Å²) in [6.07, 6.45) is 1.03. The fourth-order valence-corrected chi connectivity index (χ4v) is 2.56. The van der Waals surface area contributed by atoms with Crippen molar-refractivity contribution in [3.63, 3.8) is 0 Å². The second kappa shape index (κ2) is 4.16. The number of hydrogen-bond acceptors (Lipinski definition) is 2. The van der Waals surface area contributed by atoms with E-state index in [0.29, 0.717) is 0 Å². The molecule has 0 aromatic heterocycles. The fourth-order valence-electron chi connectivity index (χ4n) is 1.73. The Morgan fingerprint density at radius 1 is 1.31 bits per heavy atom. The summed E-state index contributed by atoms with van der Waals surface area (Å²) in [7, 11) is 0. The second-order valence-corrected chi connectivity index (χ2v) is 4.55. The van der Waals surface area contributed by atoms with Crippen molar-refractivity contribution in [3.05, 3.63) is 35.4 Å². The van der Waals surface area contributed by atoms with Crippen LogP contribution in [0.5, 0.6) is 0 Å². The van der Waals surface area contributed by atoms with Crippen LogP contribution in [0.1, 0.15) is 17.0 Å². The van der Waals surface area contributed by atoms with E-state index in [-0.39, 0.29) is 0 Å². The lowest BCUT2D eigenvalue weighted by atomic mass is 9.95. The van der Waals surface area contributed by atoms with E-state index in [1.54, 1.807) is 0 Å². The third-order valence-electron chi connectivity index (χ3n) is 2.55. The van der Waals surface area contributed by atoms with Crippen molar-refractivity contribution in [1.29, 1.82) is 0 Å². The quantitative estimate of drug-likeness (QED) is 0.794. The van der Waals surface area contributed by atoms with Gasteiger partial charge >= 0.3 is 0 Å². The Kier molecular flexibility index (Phi) is 2.91. The van der Waals surface area contributed by atoms with Crippen LogP contribution in [0.3, 0.4) is 0 Å². The van der Waals surface area contributed by atoms with Gasteiger partial charge in [-0.1, -0.05) is 24.3 Å². The van der Waals surface area contributed by atoms with E-state index < -0.39 is 0 Å². The van der Waals surface area contributed by atoms with Crippen LogP contribution >= 0.6 is 11.8 Å². The molecule has 1 aromatic carbocycles. The first kappa shape index (κ1) is 9.10. The van der Waals surface area contributed by atoms with Crippen LogP contribution in [0.4, 0.5) is 0 Å². The summed E-state index contributed by atoms with van der Waals surface area (Å²) in [6, 6.07) is 8.72. The smallest absolute Gasteiger partial charge is 0.00225 e. The van der Waals surface area contributed by atoms with E-state index in [1.165, 1.54) is 22.6 Å². The molecular formula is C11H15NS. The lowest BCUT2D eigenvalue weighted by molar-refractivity contribution is 0.819. The number of thioether (sulfide) groups is 1. The van der Waals surface area contributed by atoms with Gasteiger partial charge in [0.1, 0.15) is 0 Å². The van der Waals surface area contributed by atoms with E-state index in [2.05, 4.69) is 24.3 Å². The van der Waals surface area contributed by atoms with E-state index >= 15 is 0 Å². The van der Waals surface area contributed by atoms with Crippen molar-refractivity contribution in [2.45, 2.75) is 12.3 Å². The zero-order valence-electron chi connectivity index (χ0n) is 7.70. The molecular weight excluding hydrogens is 178 g/mol. The van der Waals surface area contributed by atoms with Gasteiger partial charge in [0.2, 0.25) is 0 Å². The third kappa shape index (κ3) is 1.89. The molecule has 0 amide bonds. The van der Waals surface area contributed by atoms with Crippen LogP contribution in [-0.2, 0) is 6.42 Å². The normalized spacial score (nSPS) is 17.0. The van der Waals surface area contributed by atoms with Crippen molar-refractivity contribution < 1.29 is 0 Å². The first-order valence-electron chi connectivity index (χ1n) is 4.77. The second-order valence-electron chi connectivity index (χ2n) is 3.47. The van der Waals surface area contributed by atoms with Gasteiger partial charge in [0.25, 0.3) is 0 Å². The molecule has 1 aliphatic heterocycles. The average Bonchev–Trinajstić information content (AvgIpc) is 2.05. The van der Waals surface area contributed by atoms with Crippen molar-refractivity contribution in [3.8, 4) is 0 Å². The molecule has 0 atom stereocenters. The van der Waals surface area contributed by atoms with Crippen LogP contribution < -0.4 is 5.73 Å². The van der Waals surface area contributed by atoms with Crippen LogP contribution in [0.2, 0.25) is 0 Å². The number of benzene rings is 1. The van der Waals surface area contributed by atoms with Gasteiger partial charge in [-0.05, 0) is 24.1 Å². The summed E-state index contributed by atoms with van der Waals surface area (Å²) in [5.41, 5.74) is 8.57. The summed E-state index contributed by atoms with van der Waals surface area (Å²) in [5, 5.41) is 0. The Labute approximate surface area is 83.7 Å². The Balaban J connectivity index is 2.20. The predicted molar refractivity (Wildman–Crippen MR) is 59.3 cm³/mol. The van der Waals surface area contributed by atoms with E-state index in [1.807, 2.05) is 11.8 Å². The standard InChI is InChI=1S/C11H15NS/c12-6-5-9-3-1-2-4-11(9)10-7-13-8-10/h1-4,10H,5-8,12H2. The molecule has 0 aliphatic carbocycles. The minimum absolute atomic E-state index is 0.761. The molecule has 2 rings (SSSR count). The maximum atomic E-state index is 5.58. The monoisotopic (exact) mass is 193 g/mol. The summed E-state index contributed by atoms with van der Waals surface area (Å²) in [5.74, 6) is 3.39. The number of nitrogens with two attached hydrogens (primary N) is 1. The highest BCUT2D eigenvalue weighted by Crippen LogP contribution is 2.35. The van der Waals surface area contributed by atoms with Crippen LogP contribution in [0.15, 0.2) is 24.3 Å². The van der Waals surface area contributed by atoms with Crippen LogP contribution in [0, 0.1) is 0 Å². The van der Waals surface area contributed by atoms with Crippen molar-refractivity contribution in [1.82, 2.24) is 0 Å². The summed E-state index contributed by atoms with van der Waals surface area (Å²) in [4.78, 5) is 0. The molecule has 1 aliphatic rings. The van der Waals surface area contributed by atoms with E-state index in [9.17, 15) is 0 Å². The molecule has 0 unspecified atom stereocenters. The van der Waals surface area contributed by atoms with Gasteiger partial charge in [-0.3, -0.25) is 0 Å². The molecule has 1 fully saturated rings. The molecule has 0 radical (unpaired) electrons. The van der Waals surface area contributed by atoms with Gasteiger partial charge in [-0.15, -0.1) is 0 Å². The molecule has 0 spiro atoms. The summed E-state index contributed by atoms with van der Waals surface area (Å²) >= 11 is 2.04. The average molecular weight is 193 g/mol. The number of rotatable bonds is 3. The zero-order valence-corrected chi connectivity index (χ0v) is 8.52. The first-order valence-corrected chi connectivity index (χ1v) is 5.93. The Morgan fingerprint density at radius 3 is 2.69 bits per heavy atom. The molecule has 0 saturated carbocycles. The van der Waals surface area contributed by atoms with Crippen molar-refractivity contribution in [2.75, 3.05) is 18.1 Å². The minimum Gasteiger partial charge on any atom is -0.330 e. The van der Waals surface area contributed by atoms with Gasteiger partial charge in [-0.2, -0.15) is 11.8 Å². The van der Waals surface area contributed by atoms with E-state index in [0.717, 1.165) is 18.9 Å². The molecule has 1 saturated heterocycles. The summed E-state index contributed by atoms with van der Waals surface area (Å²) in [6.45, 7) is 0.761. The van der Waals surface area contributed by atoms with Gasteiger partial charge in [0.05, 0.1) is 0 Å². The summed E-state index contributed by atoms with van der Waals surface area (Å²) < 4.78 is 0. The molecule has 70 valence electrons. The van der Waals surface area contributed by atoms with Crippen LogP contribution in [0.25, 0.3) is 0 Å². The predicted octanol–water partition coefficient (Wildman–Crippen LogP) is 2.02. The highest BCUT2D eigenvalue weighted by molar-refractivity contribution is 8.00. The maximum Gasteiger partial charge on any atom is 0.00225 e. The first-order chi connectivity index (χ1) is 6.42. The van der Waals surface area contributed by atoms with Gasteiger partial charge < -0.3 is 5.73 Å². The van der Waals surface area contributed by atoms with Gasteiger partial charge in [-0.25, -0.2) is 0 Å². The lowest BCUT2D eigenvalue weighted by Gasteiger charge is -2.27. The van der Waals surface area contributed by atoms with Crippen molar-refractivity contribution >= 4 is 11.8 Å². The Morgan fingerprint density at radius 2 is 2.08 bits per heavy atom. The maximum absolute atomic E-state index is 5.58. The molecule has 0 bridgehead atoms. The van der Waals surface area contributed by atoms with Gasteiger partial charge in [0.15, 0.2) is 0 Å². The third-order valence-corrected chi connectivity index (χ3v) is 3.82. The molecule has 1 aromatic rings. The zero-order chi connectivity index (χ0) is 9.10. The molecule has 1 heterocycles.